The van der Waals surface area contributed by atoms with E-state index in [0.29, 0.717) is 13.0 Å². The van der Waals surface area contributed by atoms with E-state index in [2.05, 4.69) is 25.4 Å². The van der Waals surface area contributed by atoms with Crippen LogP contribution in [-0.2, 0) is 24.2 Å². The Morgan fingerprint density at radius 1 is 1.38 bits per heavy atom. The molecule has 1 saturated heterocycles. The summed E-state index contributed by atoms with van der Waals surface area (Å²) in [6.45, 7) is 2.54. The summed E-state index contributed by atoms with van der Waals surface area (Å²) in [5.74, 6) is 2.06. The van der Waals surface area contributed by atoms with Gasteiger partial charge in [0.25, 0.3) is 0 Å². The maximum Gasteiger partial charge on any atom is 0.237 e. The van der Waals surface area contributed by atoms with Crippen LogP contribution in [0.15, 0.2) is 0 Å². The third kappa shape index (κ3) is 1.59. The van der Waals surface area contributed by atoms with Gasteiger partial charge in [-0.25, -0.2) is 0 Å². The number of fused-ring (bicyclic) bond motifs is 1. The fourth-order valence-electron chi connectivity index (χ4n) is 2.36. The molecule has 86 valence electrons. The Hall–Kier alpha value is -1.43. The Bertz CT molecular complexity index is 413. The Labute approximate surface area is 93.4 Å². The molecule has 0 aliphatic carbocycles. The lowest BCUT2D eigenvalue weighted by atomic mass is 10.1. The Kier molecular flexibility index (Phi) is 2.36. The third-order valence-corrected chi connectivity index (χ3v) is 3.20. The Balaban J connectivity index is 1.75. The van der Waals surface area contributed by atoms with Crippen molar-refractivity contribution in [3.8, 4) is 0 Å². The molecule has 2 aliphatic heterocycles. The minimum Gasteiger partial charge on any atom is -0.353 e. The molecule has 1 aromatic rings. The van der Waals surface area contributed by atoms with Crippen LogP contribution in [0.25, 0.3) is 0 Å². The average molecular weight is 221 g/mol. The van der Waals surface area contributed by atoms with Gasteiger partial charge in [-0.3, -0.25) is 4.79 Å². The molecule has 16 heavy (non-hydrogen) atoms. The standard InChI is InChI=1S/C10H15N5O/c16-10-7(11-3-4-12-10)6-9-14-13-8-2-1-5-15(8)9/h7,11H,1-6H2,(H,12,16). The molecular formula is C10H15N5O. The number of hydrogen-bond donors (Lipinski definition) is 2. The van der Waals surface area contributed by atoms with E-state index in [9.17, 15) is 4.79 Å². The summed E-state index contributed by atoms with van der Waals surface area (Å²) in [6.07, 6.45) is 2.79. The number of aromatic nitrogens is 3. The summed E-state index contributed by atoms with van der Waals surface area (Å²) in [4.78, 5) is 11.6. The largest absolute Gasteiger partial charge is 0.353 e. The quantitative estimate of drug-likeness (QED) is 0.662. The van der Waals surface area contributed by atoms with Gasteiger partial charge < -0.3 is 15.2 Å². The zero-order valence-corrected chi connectivity index (χ0v) is 9.07. The van der Waals surface area contributed by atoms with Crippen molar-refractivity contribution in [1.82, 2.24) is 25.4 Å². The van der Waals surface area contributed by atoms with E-state index in [-0.39, 0.29) is 11.9 Å². The van der Waals surface area contributed by atoms with Crippen molar-refractivity contribution in [2.45, 2.75) is 31.8 Å². The van der Waals surface area contributed by atoms with Gasteiger partial charge >= 0.3 is 0 Å². The number of carbonyl (C=O) groups is 1. The summed E-state index contributed by atoms with van der Waals surface area (Å²) in [7, 11) is 0. The van der Waals surface area contributed by atoms with Crippen molar-refractivity contribution in [1.29, 1.82) is 0 Å². The van der Waals surface area contributed by atoms with Crippen molar-refractivity contribution in [2.24, 2.45) is 0 Å². The highest BCUT2D eigenvalue weighted by Crippen LogP contribution is 2.15. The molecule has 0 spiro atoms. The molecule has 2 N–H and O–H groups in total. The molecule has 0 radical (unpaired) electrons. The van der Waals surface area contributed by atoms with Crippen LogP contribution in [0.4, 0.5) is 0 Å². The summed E-state index contributed by atoms with van der Waals surface area (Å²) < 4.78 is 2.14. The normalized spacial score (nSPS) is 24.2. The minimum absolute atomic E-state index is 0.0709. The maximum atomic E-state index is 11.6. The van der Waals surface area contributed by atoms with Gasteiger partial charge in [-0.05, 0) is 6.42 Å². The summed E-state index contributed by atoms with van der Waals surface area (Å²) >= 11 is 0. The number of hydrogen-bond acceptors (Lipinski definition) is 4. The second-order valence-electron chi connectivity index (χ2n) is 4.29. The van der Waals surface area contributed by atoms with E-state index >= 15 is 0 Å². The van der Waals surface area contributed by atoms with Gasteiger partial charge in [0, 0.05) is 32.5 Å². The molecule has 1 fully saturated rings. The van der Waals surface area contributed by atoms with Crippen molar-refractivity contribution < 1.29 is 4.79 Å². The second-order valence-corrected chi connectivity index (χ2v) is 4.29. The first-order valence-corrected chi connectivity index (χ1v) is 5.76. The zero-order chi connectivity index (χ0) is 11.0. The highest BCUT2D eigenvalue weighted by atomic mass is 16.2. The molecule has 0 aromatic carbocycles. The number of aryl methyl sites for hydroxylation is 1. The van der Waals surface area contributed by atoms with Crippen molar-refractivity contribution >= 4 is 5.91 Å². The van der Waals surface area contributed by atoms with Crippen molar-refractivity contribution in [3.05, 3.63) is 11.6 Å². The van der Waals surface area contributed by atoms with Gasteiger partial charge in [-0.2, -0.15) is 0 Å². The van der Waals surface area contributed by atoms with Crippen LogP contribution in [0.1, 0.15) is 18.1 Å². The second kappa shape index (κ2) is 3.86. The molecule has 1 unspecified atom stereocenters. The van der Waals surface area contributed by atoms with E-state index in [1.54, 1.807) is 0 Å². The van der Waals surface area contributed by atoms with Gasteiger partial charge in [-0.15, -0.1) is 10.2 Å². The molecule has 2 aliphatic rings. The van der Waals surface area contributed by atoms with Crippen LogP contribution in [0.3, 0.4) is 0 Å². The van der Waals surface area contributed by atoms with Crippen LogP contribution < -0.4 is 10.6 Å². The highest BCUT2D eigenvalue weighted by Gasteiger charge is 2.25. The lowest BCUT2D eigenvalue weighted by molar-refractivity contribution is -0.124. The predicted octanol–water partition coefficient (Wildman–Crippen LogP) is -1.15. The molecule has 1 aromatic heterocycles. The molecule has 6 heteroatoms. The Morgan fingerprint density at radius 2 is 2.31 bits per heavy atom. The molecule has 6 nitrogen and oxygen atoms in total. The fourth-order valence-corrected chi connectivity index (χ4v) is 2.36. The lowest BCUT2D eigenvalue weighted by Gasteiger charge is -2.22. The summed E-state index contributed by atoms with van der Waals surface area (Å²) in [5.41, 5.74) is 0. The number of amides is 1. The molecule has 3 rings (SSSR count). The summed E-state index contributed by atoms with van der Waals surface area (Å²) in [6, 6.07) is -0.150. The van der Waals surface area contributed by atoms with Gasteiger partial charge in [-0.1, -0.05) is 0 Å². The number of nitrogens with one attached hydrogen (secondary N) is 2. The molecular weight excluding hydrogens is 206 g/mol. The number of nitrogens with zero attached hydrogens (tertiary/aromatic N) is 3. The van der Waals surface area contributed by atoms with E-state index in [1.807, 2.05) is 0 Å². The van der Waals surface area contributed by atoms with Crippen LogP contribution in [0, 0.1) is 0 Å². The minimum atomic E-state index is -0.150. The Morgan fingerprint density at radius 3 is 3.19 bits per heavy atom. The molecule has 0 bridgehead atoms. The first kappa shape index (κ1) is 9.77. The number of carbonyl (C=O) groups excluding carboxylic acids is 1. The van der Waals surface area contributed by atoms with Crippen LogP contribution in [-0.4, -0.2) is 39.8 Å². The van der Waals surface area contributed by atoms with Crippen LogP contribution in [0.2, 0.25) is 0 Å². The number of piperazine rings is 1. The molecule has 1 amide bonds. The lowest BCUT2D eigenvalue weighted by Crippen LogP contribution is -2.54. The zero-order valence-electron chi connectivity index (χ0n) is 9.07. The maximum absolute atomic E-state index is 11.6. The smallest absolute Gasteiger partial charge is 0.237 e. The number of rotatable bonds is 2. The first-order valence-electron chi connectivity index (χ1n) is 5.76. The third-order valence-electron chi connectivity index (χ3n) is 3.20. The average Bonchev–Trinajstić information content (AvgIpc) is 2.86. The molecule has 3 heterocycles. The molecule has 0 saturated carbocycles. The summed E-state index contributed by atoms with van der Waals surface area (Å²) in [5, 5.41) is 14.4. The van der Waals surface area contributed by atoms with Gasteiger partial charge in [0.1, 0.15) is 11.6 Å². The van der Waals surface area contributed by atoms with Gasteiger partial charge in [0.05, 0.1) is 6.04 Å². The van der Waals surface area contributed by atoms with Crippen LogP contribution in [0.5, 0.6) is 0 Å². The molecule has 1 atom stereocenters. The van der Waals surface area contributed by atoms with Gasteiger partial charge in [0.15, 0.2) is 0 Å². The van der Waals surface area contributed by atoms with E-state index in [4.69, 9.17) is 0 Å². The van der Waals surface area contributed by atoms with Crippen molar-refractivity contribution in [3.63, 3.8) is 0 Å². The fraction of sp³-hybridized carbons (Fsp3) is 0.700. The predicted molar refractivity (Wildman–Crippen MR) is 56.8 cm³/mol. The van der Waals surface area contributed by atoms with Crippen molar-refractivity contribution in [2.75, 3.05) is 13.1 Å². The van der Waals surface area contributed by atoms with Gasteiger partial charge in [0.2, 0.25) is 5.91 Å². The SMILES string of the molecule is O=C1NCCNC1Cc1nnc2n1CCC2. The van der Waals surface area contributed by atoms with Crippen LogP contribution >= 0.6 is 0 Å². The van der Waals surface area contributed by atoms with E-state index < -0.39 is 0 Å². The highest BCUT2D eigenvalue weighted by molar-refractivity contribution is 5.82. The van der Waals surface area contributed by atoms with E-state index in [1.165, 1.54) is 0 Å². The first-order chi connectivity index (χ1) is 7.84. The van der Waals surface area contributed by atoms with E-state index in [0.717, 1.165) is 37.6 Å². The topological polar surface area (TPSA) is 71.8 Å². The monoisotopic (exact) mass is 221 g/mol.